The Morgan fingerprint density at radius 3 is 2.28 bits per heavy atom. The van der Waals surface area contributed by atoms with Crippen molar-refractivity contribution in [2.75, 3.05) is 33.2 Å². The maximum Gasteiger partial charge on any atom is 0.00221 e. The zero-order valence-corrected chi connectivity index (χ0v) is 11.6. The number of rotatable bonds is 6. The number of fused-ring (bicyclic) bond motifs is 1. The lowest BCUT2D eigenvalue weighted by atomic mass is 10.0. The van der Waals surface area contributed by atoms with Crippen LogP contribution in [0.25, 0.3) is 0 Å². The van der Waals surface area contributed by atoms with Gasteiger partial charge in [-0.05, 0) is 56.9 Å². The quantitative estimate of drug-likeness (QED) is 0.776. The van der Waals surface area contributed by atoms with E-state index in [1.165, 1.54) is 51.7 Å². The number of nitrogens with zero attached hydrogens (tertiary/aromatic N) is 1. The third kappa shape index (κ3) is 4.11. The standard InChI is InChI=1S/C16H26N2/c1-17-11-5-2-6-12-18-13-9-15-7-3-4-8-16(15)10-14-18/h3-4,7-8,17H,2,5-6,9-14H2,1H3. The summed E-state index contributed by atoms with van der Waals surface area (Å²) in [6.07, 6.45) is 6.46. The van der Waals surface area contributed by atoms with Crippen molar-refractivity contribution in [3.8, 4) is 0 Å². The Balaban J connectivity index is 1.71. The van der Waals surface area contributed by atoms with Gasteiger partial charge in [0.1, 0.15) is 0 Å². The number of nitrogens with one attached hydrogen (secondary N) is 1. The van der Waals surface area contributed by atoms with Gasteiger partial charge < -0.3 is 10.2 Å². The van der Waals surface area contributed by atoms with Gasteiger partial charge in [-0.15, -0.1) is 0 Å². The van der Waals surface area contributed by atoms with E-state index in [2.05, 4.69) is 34.5 Å². The van der Waals surface area contributed by atoms with Gasteiger partial charge in [0.05, 0.1) is 0 Å². The molecule has 18 heavy (non-hydrogen) atoms. The average molecular weight is 246 g/mol. The van der Waals surface area contributed by atoms with Crippen LogP contribution in [0.15, 0.2) is 24.3 Å². The highest BCUT2D eigenvalue weighted by atomic mass is 15.1. The molecule has 1 aliphatic heterocycles. The van der Waals surface area contributed by atoms with E-state index in [-0.39, 0.29) is 0 Å². The van der Waals surface area contributed by atoms with E-state index in [1.54, 1.807) is 11.1 Å². The van der Waals surface area contributed by atoms with Crippen LogP contribution in [0.1, 0.15) is 30.4 Å². The first-order valence-electron chi connectivity index (χ1n) is 7.34. The van der Waals surface area contributed by atoms with Gasteiger partial charge >= 0.3 is 0 Å². The topological polar surface area (TPSA) is 15.3 Å². The molecule has 0 unspecified atom stereocenters. The Morgan fingerprint density at radius 1 is 1.00 bits per heavy atom. The third-order valence-corrected chi connectivity index (χ3v) is 3.91. The van der Waals surface area contributed by atoms with Crippen LogP contribution in [0.3, 0.4) is 0 Å². The van der Waals surface area contributed by atoms with E-state index < -0.39 is 0 Å². The number of hydrogen-bond donors (Lipinski definition) is 1. The molecule has 100 valence electrons. The van der Waals surface area contributed by atoms with E-state index in [0.717, 1.165) is 6.54 Å². The molecule has 0 saturated carbocycles. The van der Waals surface area contributed by atoms with Crippen LogP contribution < -0.4 is 5.32 Å². The van der Waals surface area contributed by atoms with Gasteiger partial charge in [-0.2, -0.15) is 0 Å². The highest BCUT2D eigenvalue weighted by Gasteiger charge is 2.12. The van der Waals surface area contributed by atoms with E-state index in [9.17, 15) is 0 Å². The van der Waals surface area contributed by atoms with Crippen LogP contribution in [0, 0.1) is 0 Å². The fourth-order valence-electron chi connectivity index (χ4n) is 2.75. The Morgan fingerprint density at radius 2 is 1.67 bits per heavy atom. The minimum absolute atomic E-state index is 1.16. The molecule has 0 radical (unpaired) electrons. The number of hydrogen-bond acceptors (Lipinski definition) is 2. The van der Waals surface area contributed by atoms with E-state index in [0.29, 0.717) is 0 Å². The Hall–Kier alpha value is -0.860. The normalized spacial score (nSPS) is 16.3. The SMILES string of the molecule is CNCCCCCN1CCc2ccccc2CC1. The number of benzene rings is 1. The molecule has 2 rings (SSSR count). The second kappa shape index (κ2) is 7.55. The first kappa shape index (κ1) is 13.6. The summed E-state index contributed by atoms with van der Waals surface area (Å²) in [7, 11) is 2.03. The summed E-state index contributed by atoms with van der Waals surface area (Å²) >= 11 is 0. The molecular weight excluding hydrogens is 220 g/mol. The fraction of sp³-hybridized carbons (Fsp3) is 0.625. The second-order valence-electron chi connectivity index (χ2n) is 5.27. The maximum atomic E-state index is 3.21. The predicted molar refractivity (Wildman–Crippen MR) is 78.1 cm³/mol. The molecule has 1 aliphatic rings. The van der Waals surface area contributed by atoms with Crippen LogP contribution >= 0.6 is 0 Å². The average Bonchev–Trinajstić information content (AvgIpc) is 2.61. The maximum absolute atomic E-state index is 3.21. The van der Waals surface area contributed by atoms with Crippen molar-refractivity contribution in [3.63, 3.8) is 0 Å². The van der Waals surface area contributed by atoms with Gasteiger partial charge in [-0.1, -0.05) is 30.7 Å². The largest absolute Gasteiger partial charge is 0.320 e. The zero-order valence-electron chi connectivity index (χ0n) is 11.6. The minimum Gasteiger partial charge on any atom is -0.320 e. The van der Waals surface area contributed by atoms with Crippen LogP contribution in [0.2, 0.25) is 0 Å². The molecule has 1 aromatic carbocycles. The summed E-state index contributed by atoms with van der Waals surface area (Å²) in [5, 5.41) is 3.21. The molecule has 0 fully saturated rings. The lowest BCUT2D eigenvalue weighted by molar-refractivity contribution is 0.280. The molecular formula is C16H26N2. The summed E-state index contributed by atoms with van der Waals surface area (Å²) in [6, 6.07) is 8.94. The third-order valence-electron chi connectivity index (χ3n) is 3.91. The predicted octanol–water partition coefficient (Wildman–Crippen LogP) is 2.48. The summed E-state index contributed by atoms with van der Waals surface area (Å²) in [5.74, 6) is 0. The molecule has 1 heterocycles. The molecule has 0 aliphatic carbocycles. The summed E-state index contributed by atoms with van der Waals surface area (Å²) in [4.78, 5) is 2.64. The van der Waals surface area contributed by atoms with Gasteiger partial charge in [0.15, 0.2) is 0 Å². The molecule has 0 aromatic heterocycles. The van der Waals surface area contributed by atoms with Gasteiger partial charge in [-0.3, -0.25) is 0 Å². The van der Waals surface area contributed by atoms with Crippen molar-refractivity contribution in [2.24, 2.45) is 0 Å². The molecule has 0 amide bonds. The fourth-order valence-corrected chi connectivity index (χ4v) is 2.75. The first-order chi connectivity index (χ1) is 8.90. The smallest absolute Gasteiger partial charge is 0.00221 e. The molecule has 0 bridgehead atoms. The monoisotopic (exact) mass is 246 g/mol. The van der Waals surface area contributed by atoms with Crippen LogP contribution in [-0.2, 0) is 12.8 Å². The van der Waals surface area contributed by atoms with Crippen molar-refractivity contribution in [2.45, 2.75) is 32.1 Å². The van der Waals surface area contributed by atoms with Gasteiger partial charge in [0, 0.05) is 13.1 Å². The molecule has 1 aromatic rings. The van der Waals surface area contributed by atoms with Crippen molar-refractivity contribution in [1.29, 1.82) is 0 Å². The van der Waals surface area contributed by atoms with Crippen LogP contribution in [0.5, 0.6) is 0 Å². The zero-order chi connectivity index (χ0) is 12.6. The Kier molecular flexibility index (Phi) is 5.69. The van der Waals surface area contributed by atoms with E-state index in [4.69, 9.17) is 0 Å². The van der Waals surface area contributed by atoms with Gasteiger partial charge in [-0.25, -0.2) is 0 Å². The molecule has 0 spiro atoms. The molecule has 2 nitrogen and oxygen atoms in total. The minimum atomic E-state index is 1.16. The molecule has 0 saturated heterocycles. The first-order valence-corrected chi connectivity index (χ1v) is 7.34. The number of unbranched alkanes of at least 4 members (excludes halogenated alkanes) is 2. The van der Waals surface area contributed by atoms with E-state index in [1.807, 2.05) is 7.05 Å². The van der Waals surface area contributed by atoms with Crippen LogP contribution in [-0.4, -0.2) is 38.1 Å². The Bertz CT molecular complexity index is 322. The summed E-state index contributed by atoms with van der Waals surface area (Å²) in [6.45, 7) is 4.91. The van der Waals surface area contributed by atoms with Crippen molar-refractivity contribution in [1.82, 2.24) is 10.2 Å². The molecule has 1 N–H and O–H groups in total. The molecule has 0 atom stereocenters. The van der Waals surface area contributed by atoms with Crippen LogP contribution in [0.4, 0.5) is 0 Å². The lowest BCUT2D eigenvalue weighted by Crippen LogP contribution is -2.27. The van der Waals surface area contributed by atoms with Crippen molar-refractivity contribution < 1.29 is 0 Å². The van der Waals surface area contributed by atoms with Crippen molar-refractivity contribution >= 4 is 0 Å². The second-order valence-corrected chi connectivity index (χ2v) is 5.27. The van der Waals surface area contributed by atoms with Gasteiger partial charge in [0.25, 0.3) is 0 Å². The van der Waals surface area contributed by atoms with Crippen molar-refractivity contribution in [3.05, 3.63) is 35.4 Å². The Labute approximate surface area is 111 Å². The highest BCUT2D eigenvalue weighted by Crippen LogP contribution is 2.15. The summed E-state index contributed by atoms with van der Waals surface area (Å²) in [5.41, 5.74) is 3.13. The van der Waals surface area contributed by atoms with E-state index >= 15 is 0 Å². The lowest BCUT2D eigenvalue weighted by Gasteiger charge is -2.19. The summed E-state index contributed by atoms with van der Waals surface area (Å²) < 4.78 is 0. The highest BCUT2D eigenvalue weighted by molar-refractivity contribution is 5.28. The van der Waals surface area contributed by atoms with Gasteiger partial charge in [0.2, 0.25) is 0 Å². The molecule has 2 heteroatoms.